The summed E-state index contributed by atoms with van der Waals surface area (Å²) < 4.78 is 52.9. The predicted molar refractivity (Wildman–Crippen MR) is 310 cm³/mol. The van der Waals surface area contributed by atoms with Gasteiger partial charge in [0.2, 0.25) is 0 Å². The van der Waals surface area contributed by atoms with Crippen molar-refractivity contribution in [3.63, 3.8) is 0 Å². The first-order valence-electron chi connectivity index (χ1n) is 25.8. The summed E-state index contributed by atoms with van der Waals surface area (Å²) in [6.45, 7) is 0. The molecule has 14 aromatic rings. The fourth-order valence-corrected chi connectivity index (χ4v) is 10.8. The molecule has 0 unspecified atom stereocenters. The molecule has 4 aromatic heterocycles. The molecule has 0 amide bonds. The van der Waals surface area contributed by atoms with Gasteiger partial charge in [0.25, 0.3) is 0 Å². The Morgan fingerprint density at radius 1 is 0.312 bits per heavy atom. The lowest BCUT2D eigenvalue weighted by Gasteiger charge is -2.22. The summed E-state index contributed by atoms with van der Waals surface area (Å²) in [7, 11) is 0. The number of para-hydroxylation sites is 2. The molecule has 378 valence electrons. The molecular formula is C68H40F3N9. The number of hydrogen-bond donors (Lipinski definition) is 0. The third-order valence-electron chi connectivity index (χ3n) is 14.5. The molecule has 0 aliphatic rings. The van der Waals surface area contributed by atoms with Crippen LogP contribution in [-0.2, 0) is 6.18 Å². The fourth-order valence-electron chi connectivity index (χ4n) is 10.8. The Bertz CT molecular complexity index is 4650. The Labute approximate surface area is 455 Å². The van der Waals surface area contributed by atoms with E-state index in [1.807, 2.05) is 217 Å². The normalized spacial score (nSPS) is 11.7. The fraction of sp³-hybridized carbons (Fsp3) is 0.0147. The molecule has 12 heteroatoms. The zero-order chi connectivity index (χ0) is 53.9. The molecule has 0 radical (unpaired) electrons. The monoisotopic (exact) mass is 1040 g/mol. The smallest absolute Gasteiger partial charge is 0.309 e. The van der Waals surface area contributed by atoms with Crippen molar-refractivity contribution < 1.29 is 13.2 Å². The van der Waals surface area contributed by atoms with Crippen LogP contribution in [0, 0.1) is 11.3 Å². The SMILES string of the molecule is N#Cc1cccc(-c2cc(-n3c4ccccc4c4cc(-c5nc(-c6ccccc6)nc(-c6ccccc6)n5)ccc43)c(C(F)(F)F)cc2-n2c3ccccc3c3cc(-c4nc(-c5ccccc5)nc(-c5ccccc5)n4)ccc32)c1. The summed E-state index contributed by atoms with van der Waals surface area (Å²) >= 11 is 0. The second kappa shape index (κ2) is 19.3. The van der Waals surface area contributed by atoms with Gasteiger partial charge in [0.1, 0.15) is 0 Å². The minimum atomic E-state index is -4.85. The van der Waals surface area contributed by atoms with E-state index in [-0.39, 0.29) is 11.4 Å². The van der Waals surface area contributed by atoms with Gasteiger partial charge in [-0.25, -0.2) is 29.9 Å². The van der Waals surface area contributed by atoms with E-state index in [4.69, 9.17) is 29.9 Å². The van der Waals surface area contributed by atoms with Crippen molar-refractivity contribution in [2.75, 3.05) is 0 Å². The van der Waals surface area contributed by atoms with Crippen molar-refractivity contribution in [1.29, 1.82) is 5.26 Å². The van der Waals surface area contributed by atoms with E-state index in [9.17, 15) is 5.26 Å². The Morgan fingerprint density at radius 3 is 1.09 bits per heavy atom. The molecule has 0 atom stereocenters. The number of fused-ring (bicyclic) bond motifs is 6. The average Bonchev–Trinajstić information content (AvgIpc) is 4.04. The minimum absolute atomic E-state index is 0.0863. The Balaban J connectivity index is 0.986. The number of halogens is 3. The topological polar surface area (TPSA) is 111 Å². The molecule has 10 aromatic carbocycles. The molecule has 0 saturated carbocycles. The van der Waals surface area contributed by atoms with Gasteiger partial charge in [0.15, 0.2) is 34.9 Å². The minimum Gasteiger partial charge on any atom is -0.309 e. The lowest BCUT2D eigenvalue weighted by Crippen LogP contribution is -2.13. The van der Waals surface area contributed by atoms with Crippen LogP contribution in [0.3, 0.4) is 0 Å². The number of rotatable bonds is 9. The maximum absolute atomic E-state index is 16.4. The predicted octanol–water partition coefficient (Wildman–Crippen LogP) is 16.8. The van der Waals surface area contributed by atoms with Crippen LogP contribution in [0.4, 0.5) is 13.2 Å². The van der Waals surface area contributed by atoms with Crippen LogP contribution in [0.15, 0.2) is 243 Å². The van der Waals surface area contributed by atoms with Crippen LogP contribution in [0.25, 0.3) is 134 Å². The number of benzene rings is 10. The van der Waals surface area contributed by atoms with Gasteiger partial charge in [-0.15, -0.1) is 0 Å². The molecule has 0 saturated heterocycles. The van der Waals surface area contributed by atoms with Crippen LogP contribution in [-0.4, -0.2) is 39.0 Å². The Morgan fingerprint density at radius 2 is 0.675 bits per heavy atom. The van der Waals surface area contributed by atoms with Gasteiger partial charge in [-0.05, 0) is 78.4 Å². The van der Waals surface area contributed by atoms with Crippen molar-refractivity contribution in [2.45, 2.75) is 6.18 Å². The van der Waals surface area contributed by atoms with E-state index in [1.54, 1.807) is 28.8 Å². The third kappa shape index (κ3) is 8.37. The third-order valence-corrected chi connectivity index (χ3v) is 14.5. The molecule has 0 fully saturated rings. The largest absolute Gasteiger partial charge is 0.418 e. The summed E-state index contributed by atoms with van der Waals surface area (Å²) in [5.74, 6) is 2.83. The van der Waals surface area contributed by atoms with Crippen molar-refractivity contribution in [1.82, 2.24) is 39.0 Å². The number of nitriles is 1. The molecule has 9 nitrogen and oxygen atoms in total. The second-order valence-electron chi connectivity index (χ2n) is 19.3. The zero-order valence-corrected chi connectivity index (χ0v) is 42.3. The number of hydrogen-bond acceptors (Lipinski definition) is 7. The highest BCUT2D eigenvalue weighted by atomic mass is 19.4. The molecule has 4 heterocycles. The van der Waals surface area contributed by atoms with Crippen molar-refractivity contribution >= 4 is 43.6 Å². The molecule has 0 aliphatic heterocycles. The van der Waals surface area contributed by atoms with Gasteiger partial charge in [0, 0.05) is 60.5 Å². The molecule has 0 spiro atoms. The number of nitrogens with zero attached hydrogens (tertiary/aromatic N) is 9. The number of alkyl halides is 3. The highest BCUT2D eigenvalue weighted by Gasteiger charge is 2.37. The van der Waals surface area contributed by atoms with Crippen LogP contribution in [0.1, 0.15) is 11.1 Å². The van der Waals surface area contributed by atoms with Gasteiger partial charge >= 0.3 is 6.18 Å². The van der Waals surface area contributed by atoms with Gasteiger partial charge in [-0.3, -0.25) is 0 Å². The second-order valence-corrected chi connectivity index (χ2v) is 19.3. The van der Waals surface area contributed by atoms with Crippen LogP contribution in [0.5, 0.6) is 0 Å². The van der Waals surface area contributed by atoms with E-state index in [0.29, 0.717) is 90.2 Å². The van der Waals surface area contributed by atoms with E-state index in [1.165, 1.54) is 6.07 Å². The molecule has 0 N–H and O–H groups in total. The highest BCUT2D eigenvalue weighted by molar-refractivity contribution is 6.12. The summed E-state index contributed by atoms with van der Waals surface area (Å²) in [5, 5.41) is 13.3. The lowest BCUT2D eigenvalue weighted by atomic mass is 9.97. The lowest BCUT2D eigenvalue weighted by molar-refractivity contribution is -0.137. The van der Waals surface area contributed by atoms with Crippen molar-refractivity contribution in [3.8, 4) is 96.9 Å². The van der Waals surface area contributed by atoms with Gasteiger partial charge in [0.05, 0.1) is 50.6 Å². The standard InChI is InChI=1S/C68H40F3N9/c69-68(70,71)55-40-60(79-56-30-15-13-28-50(56)53-37-48(32-34-58(53)79)66-75-62(43-19-5-1-6-20-43)73-63(76-66)44-21-7-2-8-22-44)52(47-27-17-18-42(36-47)41-72)39-61(55)80-57-31-16-14-29-51(57)54-38-49(33-35-59(54)80)67-77-64(45-23-9-3-10-24-45)74-65(78-67)46-25-11-4-12-26-46/h1-40H. The molecule has 80 heavy (non-hydrogen) atoms. The molecule has 0 aliphatic carbocycles. The van der Waals surface area contributed by atoms with Crippen molar-refractivity contribution in [3.05, 3.63) is 254 Å². The van der Waals surface area contributed by atoms with E-state index >= 15 is 13.2 Å². The summed E-state index contributed by atoms with van der Waals surface area (Å²) in [4.78, 5) is 29.7. The summed E-state index contributed by atoms with van der Waals surface area (Å²) in [5.41, 5.74) is 7.79. The maximum atomic E-state index is 16.4. The highest BCUT2D eigenvalue weighted by Crippen LogP contribution is 2.46. The van der Waals surface area contributed by atoms with Gasteiger partial charge in [-0.1, -0.05) is 170 Å². The zero-order valence-electron chi connectivity index (χ0n) is 42.3. The molecule has 14 rings (SSSR count). The van der Waals surface area contributed by atoms with Crippen LogP contribution >= 0.6 is 0 Å². The van der Waals surface area contributed by atoms with Gasteiger partial charge in [-0.2, -0.15) is 18.4 Å². The first-order valence-corrected chi connectivity index (χ1v) is 25.8. The van der Waals surface area contributed by atoms with E-state index in [2.05, 4.69) is 6.07 Å². The molecule has 0 bridgehead atoms. The Kier molecular flexibility index (Phi) is 11.5. The Hall–Kier alpha value is -10.9. The maximum Gasteiger partial charge on any atom is 0.418 e. The average molecular weight is 1040 g/mol. The van der Waals surface area contributed by atoms with Crippen LogP contribution < -0.4 is 0 Å². The van der Waals surface area contributed by atoms with Gasteiger partial charge < -0.3 is 9.13 Å². The first-order chi connectivity index (χ1) is 39.2. The van der Waals surface area contributed by atoms with Crippen molar-refractivity contribution in [2.24, 2.45) is 0 Å². The molecular weight excluding hydrogens is 1000 g/mol. The van der Waals surface area contributed by atoms with Crippen LogP contribution in [0.2, 0.25) is 0 Å². The van der Waals surface area contributed by atoms with E-state index in [0.717, 1.165) is 38.4 Å². The summed E-state index contributed by atoms with van der Waals surface area (Å²) in [6.07, 6.45) is -4.85. The van der Waals surface area contributed by atoms with E-state index < -0.39 is 11.7 Å². The number of aromatic nitrogens is 8. The first kappa shape index (κ1) is 47.5. The quantitative estimate of drug-likeness (QED) is 0.142. The summed E-state index contributed by atoms with van der Waals surface area (Å²) in [6, 6.07) is 77.5.